The summed E-state index contributed by atoms with van der Waals surface area (Å²) in [6.45, 7) is 0.991. The van der Waals surface area contributed by atoms with Gasteiger partial charge in [-0.25, -0.2) is 0 Å². The Labute approximate surface area is 92.2 Å². The average Bonchev–Trinajstić information content (AvgIpc) is 2.69. The van der Waals surface area contributed by atoms with Crippen LogP contribution in [0.4, 0.5) is 0 Å². The van der Waals surface area contributed by atoms with E-state index in [9.17, 15) is 0 Å². The number of hydrogen-bond acceptors (Lipinski definition) is 3. The summed E-state index contributed by atoms with van der Waals surface area (Å²) in [7, 11) is 2.06. The highest BCUT2D eigenvalue weighted by molar-refractivity contribution is 7.98. The summed E-state index contributed by atoms with van der Waals surface area (Å²) in [4.78, 5) is 0. The van der Waals surface area contributed by atoms with Crippen molar-refractivity contribution in [2.75, 3.05) is 25.7 Å². The van der Waals surface area contributed by atoms with Crippen LogP contribution in [0.3, 0.4) is 0 Å². The van der Waals surface area contributed by atoms with E-state index in [2.05, 4.69) is 18.6 Å². The molecule has 1 saturated heterocycles. The van der Waals surface area contributed by atoms with Gasteiger partial charge in [-0.15, -0.1) is 0 Å². The van der Waals surface area contributed by atoms with Crippen molar-refractivity contribution in [2.24, 2.45) is 0 Å². The molecule has 0 aromatic carbocycles. The van der Waals surface area contributed by atoms with Gasteiger partial charge in [0.05, 0.1) is 6.10 Å². The zero-order valence-electron chi connectivity index (χ0n) is 9.42. The van der Waals surface area contributed by atoms with Crippen LogP contribution in [0, 0.1) is 0 Å². The summed E-state index contributed by atoms with van der Waals surface area (Å²) >= 11 is 1.92. The molecule has 0 radical (unpaired) electrons. The van der Waals surface area contributed by atoms with Gasteiger partial charge in [-0.2, -0.15) is 11.8 Å². The van der Waals surface area contributed by atoms with Crippen LogP contribution in [0.15, 0.2) is 0 Å². The number of ether oxygens (including phenoxy) is 1. The van der Waals surface area contributed by atoms with Crippen LogP contribution >= 0.6 is 11.8 Å². The second-order valence-corrected chi connectivity index (χ2v) is 4.92. The SMILES string of the molecule is CNC(CCCC1CCCO1)CSC. The highest BCUT2D eigenvalue weighted by Crippen LogP contribution is 2.18. The average molecular weight is 217 g/mol. The molecule has 3 heteroatoms. The maximum atomic E-state index is 5.60. The smallest absolute Gasteiger partial charge is 0.0576 e. The van der Waals surface area contributed by atoms with Gasteiger partial charge >= 0.3 is 0 Å². The predicted octanol–water partition coefficient (Wildman–Crippen LogP) is 2.29. The molecule has 1 fully saturated rings. The van der Waals surface area contributed by atoms with Gasteiger partial charge in [0.2, 0.25) is 0 Å². The van der Waals surface area contributed by atoms with Gasteiger partial charge in [0, 0.05) is 18.4 Å². The Hall–Kier alpha value is 0.270. The van der Waals surface area contributed by atoms with Crippen LogP contribution in [-0.2, 0) is 4.74 Å². The van der Waals surface area contributed by atoms with Gasteiger partial charge in [-0.05, 0) is 45.4 Å². The third kappa shape index (κ3) is 4.67. The van der Waals surface area contributed by atoms with Crippen molar-refractivity contribution < 1.29 is 4.74 Å². The van der Waals surface area contributed by atoms with Crippen molar-refractivity contribution in [3.8, 4) is 0 Å². The fourth-order valence-electron chi connectivity index (χ4n) is 1.98. The van der Waals surface area contributed by atoms with Gasteiger partial charge < -0.3 is 10.1 Å². The molecule has 0 amide bonds. The number of hydrogen-bond donors (Lipinski definition) is 1. The molecule has 14 heavy (non-hydrogen) atoms. The molecule has 0 bridgehead atoms. The Kier molecular flexibility index (Phi) is 6.65. The van der Waals surface area contributed by atoms with E-state index < -0.39 is 0 Å². The molecule has 2 nitrogen and oxygen atoms in total. The normalized spacial score (nSPS) is 24.0. The molecule has 1 heterocycles. The van der Waals surface area contributed by atoms with Crippen molar-refractivity contribution in [3.63, 3.8) is 0 Å². The van der Waals surface area contributed by atoms with Crippen LogP contribution in [0.25, 0.3) is 0 Å². The quantitative estimate of drug-likeness (QED) is 0.707. The van der Waals surface area contributed by atoms with Crippen molar-refractivity contribution in [1.29, 1.82) is 0 Å². The second-order valence-electron chi connectivity index (χ2n) is 4.01. The molecule has 0 saturated carbocycles. The van der Waals surface area contributed by atoms with Gasteiger partial charge in [0.1, 0.15) is 0 Å². The standard InChI is InChI=1S/C11H23NOS/c1-12-10(9-14-2)5-3-6-11-7-4-8-13-11/h10-12H,3-9H2,1-2H3. The maximum absolute atomic E-state index is 5.60. The molecule has 1 aliphatic rings. The molecule has 0 aromatic heterocycles. The van der Waals surface area contributed by atoms with E-state index in [1.54, 1.807) is 0 Å². The van der Waals surface area contributed by atoms with Crippen molar-refractivity contribution in [2.45, 2.75) is 44.2 Å². The maximum Gasteiger partial charge on any atom is 0.0576 e. The largest absolute Gasteiger partial charge is 0.378 e. The van der Waals surface area contributed by atoms with Crippen molar-refractivity contribution in [3.05, 3.63) is 0 Å². The fourth-order valence-corrected chi connectivity index (χ4v) is 2.71. The van der Waals surface area contributed by atoms with E-state index in [0.29, 0.717) is 12.1 Å². The highest BCUT2D eigenvalue weighted by atomic mass is 32.2. The van der Waals surface area contributed by atoms with Gasteiger partial charge in [-0.1, -0.05) is 0 Å². The highest BCUT2D eigenvalue weighted by Gasteiger charge is 2.15. The fraction of sp³-hybridized carbons (Fsp3) is 1.00. The molecule has 0 aromatic rings. The molecule has 1 N–H and O–H groups in total. The van der Waals surface area contributed by atoms with Gasteiger partial charge in [0.15, 0.2) is 0 Å². The Bertz CT molecular complexity index is 137. The summed E-state index contributed by atoms with van der Waals surface area (Å²) < 4.78 is 5.60. The number of nitrogens with one attached hydrogen (secondary N) is 1. The first kappa shape index (κ1) is 12.3. The molecule has 1 rings (SSSR count). The molecule has 2 atom stereocenters. The van der Waals surface area contributed by atoms with Gasteiger partial charge in [0.25, 0.3) is 0 Å². The summed E-state index contributed by atoms with van der Waals surface area (Å²) in [5.74, 6) is 1.22. The molecule has 84 valence electrons. The minimum atomic E-state index is 0.571. The molecular formula is C11H23NOS. The van der Waals surface area contributed by atoms with E-state index >= 15 is 0 Å². The Morgan fingerprint density at radius 1 is 1.57 bits per heavy atom. The molecule has 1 aliphatic heterocycles. The lowest BCUT2D eigenvalue weighted by Crippen LogP contribution is -2.27. The minimum absolute atomic E-state index is 0.571. The van der Waals surface area contributed by atoms with Crippen molar-refractivity contribution >= 4 is 11.8 Å². The lowest BCUT2D eigenvalue weighted by Gasteiger charge is -2.15. The van der Waals surface area contributed by atoms with Crippen molar-refractivity contribution in [1.82, 2.24) is 5.32 Å². The number of rotatable bonds is 7. The first-order valence-electron chi connectivity index (χ1n) is 5.64. The summed E-state index contributed by atoms with van der Waals surface area (Å²) in [6.07, 6.45) is 9.14. The van der Waals surface area contributed by atoms with E-state index in [4.69, 9.17) is 4.74 Å². The summed E-state index contributed by atoms with van der Waals surface area (Å²) in [6, 6.07) is 0.686. The minimum Gasteiger partial charge on any atom is -0.378 e. The number of thioether (sulfide) groups is 1. The third-order valence-corrected chi connectivity index (χ3v) is 3.61. The van der Waals surface area contributed by atoms with E-state index in [1.807, 2.05) is 11.8 Å². The van der Waals surface area contributed by atoms with Crippen LogP contribution in [-0.4, -0.2) is 37.8 Å². The lowest BCUT2D eigenvalue weighted by molar-refractivity contribution is 0.101. The predicted molar refractivity (Wildman–Crippen MR) is 64.1 cm³/mol. The van der Waals surface area contributed by atoms with Crippen LogP contribution < -0.4 is 5.32 Å². The summed E-state index contributed by atoms with van der Waals surface area (Å²) in [5.41, 5.74) is 0. The Morgan fingerprint density at radius 3 is 3.00 bits per heavy atom. The lowest BCUT2D eigenvalue weighted by atomic mass is 10.1. The Balaban J connectivity index is 2.00. The molecule has 0 aliphatic carbocycles. The van der Waals surface area contributed by atoms with E-state index in [1.165, 1.54) is 37.9 Å². The zero-order valence-corrected chi connectivity index (χ0v) is 10.2. The molecule has 2 unspecified atom stereocenters. The Morgan fingerprint density at radius 2 is 2.43 bits per heavy atom. The third-order valence-electron chi connectivity index (χ3n) is 2.88. The summed E-state index contributed by atoms with van der Waals surface area (Å²) in [5, 5.41) is 3.37. The topological polar surface area (TPSA) is 21.3 Å². The molecule has 0 spiro atoms. The monoisotopic (exact) mass is 217 g/mol. The van der Waals surface area contributed by atoms with Crippen LogP contribution in [0.2, 0.25) is 0 Å². The molecular weight excluding hydrogens is 194 g/mol. The van der Waals surface area contributed by atoms with Crippen LogP contribution in [0.5, 0.6) is 0 Å². The first-order valence-corrected chi connectivity index (χ1v) is 7.04. The van der Waals surface area contributed by atoms with E-state index in [-0.39, 0.29) is 0 Å². The first-order chi connectivity index (χ1) is 6.86. The second kappa shape index (κ2) is 7.55. The van der Waals surface area contributed by atoms with Gasteiger partial charge in [-0.3, -0.25) is 0 Å². The van der Waals surface area contributed by atoms with E-state index in [0.717, 1.165) is 6.61 Å². The van der Waals surface area contributed by atoms with Crippen LogP contribution in [0.1, 0.15) is 32.1 Å². The zero-order chi connectivity index (χ0) is 10.2.